The van der Waals surface area contributed by atoms with Crippen molar-refractivity contribution in [2.75, 3.05) is 19.6 Å². The summed E-state index contributed by atoms with van der Waals surface area (Å²) < 4.78 is 14.3. The Hall–Kier alpha value is -3.20. The molecule has 2 aromatic carbocycles. The number of aliphatic hydroxyl groups is 1. The molecular weight excluding hydrogens is 435 g/mol. The number of hydrogen-bond acceptors (Lipinski definition) is 6. The second-order valence-electron chi connectivity index (χ2n) is 9.59. The van der Waals surface area contributed by atoms with Gasteiger partial charge in [-0.25, -0.2) is 4.39 Å². The van der Waals surface area contributed by atoms with Gasteiger partial charge in [-0.05, 0) is 30.2 Å². The third kappa shape index (κ3) is 3.33. The van der Waals surface area contributed by atoms with Crippen LogP contribution < -0.4 is 0 Å². The summed E-state index contributed by atoms with van der Waals surface area (Å²) in [6, 6.07) is 15.7. The Bertz CT molecular complexity index is 1290. The van der Waals surface area contributed by atoms with Gasteiger partial charge in [-0.1, -0.05) is 36.4 Å². The lowest BCUT2D eigenvalue weighted by Crippen LogP contribution is -2.81. The quantitative estimate of drug-likeness (QED) is 0.600. The number of imide groups is 1. The van der Waals surface area contributed by atoms with Crippen LogP contribution in [0.4, 0.5) is 4.39 Å². The van der Waals surface area contributed by atoms with Crippen LogP contribution in [0.2, 0.25) is 0 Å². The molecule has 34 heavy (non-hydrogen) atoms. The number of carbonyl (C=O) groups excluding carboxylic acids is 2. The number of carbonyl (C=O) groups is 2. The maximum absolute atomic E-state index is 14.3. The summed E-state index contributed by atoms with van der Waals surface area (Å²) in [5, 5.41) is 11.4. The summed E-state index contributed by atoms with van der Waals surface area (Å²) in [7, 11) is 0. The zero-order valence-electron chi connectivity index (χ0n) is 18.6. The number of para-hydroxylation sites is 1. The van der Waals surface area contributed by atoms with Gasteiger partial charge in [-0.2, -0.15) is 0 Å². The fourth-order valence-electron chi connectivity index (χ4n) is 5.71. The van der Waals surface area contributed by atoms with Gasteiger partial charge in [0.15, 0.2) is 0 Å². The number of likely N-dealkylation sites (tertiary alicyclic amines) is 1. The van der Waals surface area contributed by atoms with Crippen molar-refractivity contribution in [2.24, 2.45) is 0 Å². The zero-order chi connectivity index (χ0) is 23.4. The topological polar surface area (TPSA) is 77.0 Å². The molecule has 4 heterocycles. The number of benzene rings is 2. The van der Waals surface area contributed by atoms with E-state index in [2.05, 4.69) is 16.0 Å². The monoisotopic (exact) mass is 460 g/mol. The molecule has 3 fully saturated rings. The summed E-state index contributed by atoms with van der Waals surface area (Å²) in [6.07, 6.45) is 1.48. The lowest BCUT2D eigenvalue weighted by Gasteiger charge is -2.58. The number of piperazine rings is 1. The van der Waals surface area contributed by atoms with Gasteiger partial charge in [0, 0.05) is 43.3 Å². The van der Waals surface area contributed by atoms with Crippen molar-refractivity contribution in [3.8, 4) is 0 Å². The highest BCUT2D eigenvalue weighted by Gasteiger charge is 2.64. The standard InChI is InChI=1S/C26H25FN4O3/c27-21-7-3-1-6-19(21)13-30-24(33)23-10-20(32)14-31(23)26(25(30)34)15-29(16-26)12-17-9-18-5-2-4-8-22(18)28-11-17/h1-9,11,20,23,32H,10,12-16H2. The number of aromatic nitrogens is 1. The van der Waals surface area contributed by atoms with Gasteiger partial charge >= 0.3 is 0 Å². The van der Waals surface area contributed by atoms with Gasteiger partial charge in [0.05, 0.1) is 24.2 Å². The minimum atomic E-state index is -0.883. The molecule has 2 amide bonds. The van der Waals surface area contributed by atoms with Crippen molar-refractivity contribution in [3.05, 3.63) is 77.7 Å². The minimum Gasteiger partial charge on any atom is -0.392 e. The highest BCUT2D eigenvalue weighted by molar-refractivity contribution is 6.06. The number of pyridine rings is 1. The van der Waals surface area contributed by atoms with Crippen LogP contribution in [0.1, 0.15) is 17.5 Å². The van der Waals surface area contributed by atoms with Gasteiger partial charge in [0.2, 0.25) is 5.91 Å². The van der Waals surface area contributed by atoms with Gasteiger partial charge in [0.1, 0.15) is 11.4 Å². The van der Waals surface area contributed by atoms with Gasteiger partial charge < -0.3 is 5.11 Å². The number of amides is 2. The molecule has 0 aliphatic carbocycles. The minimum absolute atomic E-state index is 0.0961. The Labute approximate surface area is 196 Å². The summed E-state index contributed by atoms with van der Waals surface area (Å²) in [6.45, 7) is 1.73. The van der Waals surface area contributed by atoms with Crippen molar-refractivity contribution >= 4 is 22.7 Å². The molecule has 0 bridgehead atoms. The largest absolute Gasteiger partial charge is 0.392 e. The van der Waals surface area contributed by atoms with E-state index < -0.39 is 23.5 Å². The van der Waals surface area contributed by atoms with E-state index in [0.29, 0.717) is 31.7 Å². The van der Waals surface area contributed by atoms with E-state index >= 15 is 0 Å². The van der Waals surface area contributed by atoms with E-state index in [-0.39, 0.29) is 24.8 Å². The number of fused-ring (bicyclic) bond motifs is 3. The first kappa shape index (κ1) is 21.3. The normalized spacial score (nSPS) is 24.6. The molecule has 8 heteroatoms. The van der Waals surface area contributed by atoms with Crippen molar-refractivity contribution in [1.82, 2.24) is 19.7 Å². The highest BCUT2D eigenvalue weighted by atomic mass is 19.1. The van der Waals surface area contributed by atoms with Gasteiger partial charge in [-0.15, -0.1) is 0 Å². The average Bonchev–Trinajstić information content (AvgIpc) is 3.21. The molecular formula is C26H25FN4O3. The Kier molecular flexibility index (Phi) is 4.98. The first-order valence-corrected chi connectivity index (χ1v) is 11.5. The molecule has 6 rings (SSSR count). The second kappa shape index (κ2) is 7.94. The fourth-order valence-corrected chi connectivity index (χ4v) is 5.71. The Morgan fingerprint density at radius 2 is 1.82 bits per heavy atom. The molecule has 1 aromatic heterocycles. The molecule has 174 valence electrons. The summed E-state index contributed by atoms with van der Waals surface area (Å²) in [5.41, 5.74) is 1.41. The Balaban J connectivity index is 1.25. The molecule has 3 aliphatic rings. The number of hydrogen-bond donors (Lipinski definition) is 1. The zero-order valence-corrected chi connectivity index (χ0v) is 18.6. The number of nitrogens with zero attached hydrogens (tertiary/aromatic N) is 4. The second-order valence-corrected chi connectivity index (χ2v) is 9.59. The SMILES string of the molecule is O=C1C2CC(O)CN2C2(CN(Cc3cnc4ccccc4c3)C2)C(=O)N1Cc1ccccc1F. The van der Waals surface area contributed by atoms with E-state index in [4.69, 9.17) is 0 Å². The molecule has 1 spiro atoms. The summed E-state index contributed by atoms with van der Waals surface area (Å²) in [4.78, 5) is 36.7. The lowest BCUT2D eigenvalue weighted by atomic mass is 9.82. The molecule has 2 atom stereocenters. The smallest absolute Gasteiger partial charge is 0.252 e. The molecule has 2 unspecified atom stereocenters. The Morgan fingerprint density at radius 1 is 1.06 bits per heavy atom. The molecule has 0 saturated carbocycles. The van der Waals surface area contributed by atoms with Gasteiger partial charge in [-0.3, -0.25) is 29.3 Å². The number of β-amino-alcohol motifs (C(OH)–C–C–N with tert-alkyl or cyclic N) is 1. The van der Waals surface area contributed by atoms with Gasteiger partial charge in [0.25, 0.3) is 5.91 Å². The summed E-state index contributed by atoms with van der Waals surface area (Å²) in [5.74, 6) is -1.10. The van der Waals surface area contributed by atoms with Crippen LogP contribution in [-0.2, 0) is 22.7 Å². The highest BCUT2D eigenvalue weighted by Crippen LogP contribution is 2.41. The predicted molar refractivity (Wildman–Crippen MR) is 123 cm³/mol. The van der Waals surface area contributed by atoms with E-state index in [1.54, 1.807) is 18.2 Å². The van der Waals surface area contributed by atoms with Crippen LogP contribution in [0.15, 0.2) is 60.8 Å². The Morgan fingerprint density at radius 3 is 2.65 bits per heavy atom. The van der Waals surface area contributed by atoms with E-state index in [1.165, 1.54) is 11.0 Å². The van der Waals surface area contributed by atoms with Crippen molar-refractivity contribution in [3.63, 3.8) is 0 Å². The first-order valence-electron chi connectivity index (χ1n) is 11.5. The van der Waals surface area contributed by atoms with E-state index in [9.17, 15) is 19.1 Å². The lowest BCUT2D eigenvalue weighted by molar-refractivity contribution is -0.181. The molecule has 7 nitrogen and oxygen atoms in total. The van der Waals surface area contributed by atoms with Crippen LogP contribution in [0.3, 0.4) is 0 Å². The van der Waals surface area contributed by atoms with Crippen LogP contribution in [0.5, 0.6) is 0 Å². The van der Waals surface area contributed by atoms with Crippen molar-refractivity contribution < 1.29 is 19.1 Å². The third-order valence-corrected chi connectivity index (χ3v) is 7.33. The number of rotatable bonds is 4. The number of halogens is 1. The van der Waals surface area contributed by atoms with Crippen molar-refractivity contribution in [1.29, 1.82) is 0 Å². The molecule has 3 aliphatic heterocycles. The van der Waals surface area contributed by atoms with E-state index in [0.717, 1.165) is 16.5 Å². The maximum atomic E-state index is 14.3. The van der Waals surface area contributed by atoms with Crippen LogP contribution in [0.25, 0.3) is 10.9 Å². The van der Waals surface area contributed by atoms with E-state index in [1.807, 2.05) is 35.4 Å². The van der Waals surface area contributed by atoms with Crippen molar-refractivity contribution in [2.45, 2.75) is 37.2 Å². The number of aliphatic hydroxyl groups excluding tert-OH is 1. The van der Waals surface area contributed by atoms with Crippen LogP contribution >= 0.6 is 0 Å². The maximum Gasteiger partial charge on any atom is 0.252 e. The molecule has 1 N–H and O–H groups in total. The average molecular weight is 461 g/mol. The van der Waals surface area contributed by atoms with Crippen LogP contribution in [0, 0.1) is 5.82 Å². The summed E-state index contributed by atoms with van der Waals surface area (Å²) >= 11 is 0. The third-order valence-electron chi connectivity index (χ3n) is 7.33. The predicted octanol–water partition coefficient (Wildman–Crippen LogP) is 1.93. The first-order chi connectivity index (χ1) is 16.4. The molecule has 3 aromatic rings. The molecule has 0 radical (unpaired) electrons. The fraction of sp³-hybridized carbons (Fsp3) is 0.346. The molecule has 3 saturated heterocycles. The van der Waals surface area contributed by atoms with Crippen LogP contribution in [-0.4, -0.2) is 73.9 Å².